The number of aromatic amines is 1. The minimum Gasteiger partial charge on any atom is -0.378 e. The number of nitrogens with two attached hydrogens (primary N) is 1. The lowest BCUT2D eigenvalue weighted by atomic mass is 9.85. The SMILES string of the molecule is Nc1ncc(F)c(-c2c[nH]c3c(C4CC4)nc(C#CC4(O)CCCCC4)cc23)n1. The predicted molar refractivity (Wildman–Crippen MR) is 108 cm³/mol. The maximum atomic E-state index is 14.4. The normalized spacial score (nSPS) is 18.4. The summed E-state index contributed by atoms with van der Waals surface area (Å²) in [7, 11) is 0. The standard InChI is InChI=1S/C22H22FN5O/c23-17-12-26-21(24)28-19(17)16-11-25-20-15(16)10-14(27-18(20)13-4-5-13)6-9-22(29)7-2-1-3-8-22/h10-13,25,29H,1-5,7-8H2,(H2,24,26,28). The maximum Gasteiger partial charge on any atom is 0.220 e. The molecular formula is C22H22FN5O. The van der Waals surface area contributed by atoms with Crippen LogP contribution in [0.3, 0.4) is 0 Å². The highest BCUT2D eigenvalue weighted by Crippen LogP contribution is 2.43. The summed E-state index contributed by atoms with van der Waals surface area (Å²) in [6.45, 7) is 0. The number of nitrogen functional groups attached to an aromatic ring is 1. The molecule has 7 heteroatoms. The number of aliphatic hydroxyl groups is 1. The highest BCUT2D eigenvalue weighted by atomic mass is 19.1. The fourth-order valence-electron chi connectivity index (χ4n) is 4.07. The van der Waals surface area contributed by atoms with E-state index in [1.54, 1.807) is 6.20 Å². The predicted octanol–water partition coefficient (Wildman–Crippen LogP) is 3.67. The summed E-state index contributed by atoms with van der Waals surface area (Å²) >= 11 is 0. The monoisotopic (exact) mass is 391 g/mol. The Bertz CT molecular complexity index is 1150. The first-order valence-corrected chi connectivity index (χ1v) is 10.1. The maximum absolute atomic E-state index is 14.4. The zero-order valence-electron chi connectivity index (χ0n) is 16.0. The molecule has 5 rings (SSSR count). The van der Waals surface area contributed by atoms with Crippen molar-refractivity contribution in [1.82, 2.24) is 19.9 Å². The van der Waals surface area contributed by atoms with Gasteiger partial charge in [0.05, 0.1) is 17.4 Å². The number of rotatable bonds is 2. The molecule has 3 heterocycles. The van der Waals surface area contributed by atoms with E-state index in [9.17, 15) is 9.50 Å². The highest BCUT2D eigenvalue weighted by molar-refractivity contribution is 5.96. The quantitative estimate of drug-likeness (QED) is 0.579. The van der Waals surface area contributed by atoms with E-state index in [0.717, 1.165) is 54.9 Å². The molecule has 4 N–H and O–H groups in total. The number of fused-ring (bicyclic) bond motifs is 1. The summed E-state index contributed by atoms with van der Waals surface area (Å²) in [6, 6.07) is 1.84. The van der Waals surface area contributed by atoms with Crippen molar-refractivity contribution >= 4 is 16.9 Å². The Morgan fingerprint density at radius 3 is 2.76 bits per heavy atom. The van der Waals surface area contributed by atoms with Crippen molar-refractivity contribution in [1.29, 1.82) is 0 Å². The second-order valence-corrected chi connectivity index (χ2v) is 8.06. The Morgan fingerprint density at radius 1 is 1.21 bits per heavy atom. The molecule has 0 amide bonds. The molecule has 2 aliphatic carbocycles. The van der Waals surface area contributed by atoms with Gasteiger partial charge in [0.2, 0.25) is 5.95 Å². The number of pyridine rings is 1. The molecule has 6 nitrogen and oxygen atoms in total. The fraction of sp³-hybridized carbons (Fsp3) is 0.409. The number of anilines is 1. The zero-order chi connectivity index (χ0) is 20.0. The molecule has 2 saturated carbocycles. The number of nitrogens with one attached hydrogen (secondary N) is 1. The lowest BCUT2D eigenvalue weighted by Crippen LogP contribution is -2.29. The molecule has 0 atom stereocenters. The van der Waals surface area contributed by atoms with Crippen molar-refractivity contribution in [3.05, 3.63) is 35.7 Å². The summed E-state index contributed by atoms with van der Waals surface area (Å²) in [5.41, 5.74) is 7.90. The van der Waals surface area contributed by atoms with Crippen molar-refractivity contribution < 1.29 is 9.50 Å². The molecular weight excluding hydrogens is 369 g/mol. The number of hydrogen-bond donors (Lipinski definition) is 3. The molecule has 2 aliphatic rings. The highest BCUT2D eigenvalue weighted by Gasteiger charge is 2.30. The van der Waals surface area contributed by atoms with Crippen LogP contribution in [0.4, 0.5) is 10.3 Å². The molecule has 0 bridgehead atoms. The molecule has 2 fully saturated rings. The lowest BCUT2D eigenvalue weighted by Gasteiger charge is -2.26. The third kappa shape index (κ3) is 3.45. The Kier molecular flexibility index (Phi) is 4.25. The third-order valence-electron chi connectivity index (χ3n) is 5.78. The van der Waals surface area contributed by atoms with E-state index in [1.807, 2.05) is 6.07 Å². The van der Waals surface area contributed by atoms with Gasteiger partial charge in [-0.2, -0.15) is 0 Å². The summed E-state index contributed by atoms with van der Waals surface area (Å²) in [5, 5.41) is 11.5. The van der Waals surface area contributed by atoms with Crippen molar-refractivity contribution in [2.45, 2.75) is 56.5 Å². The van der Waals surface area contributed by atoms with E-state index in [1.165, 1.54) is 0 Å². The van der Waals surface area contributed by atoms with Crippen LogP contribution in [0, 0.1) is 17.7 Å². The average molecular weight is 391 g/mol. The number of H-pyrrole nitrogens is 1. The van der Waals surface area contributed by atoms with Gasteiger partial charge in [-0.1, -0.05) is 12.3 Å². The van der Waals surface area contributed by atoms with Crippen molar-refractivity contribution in [2.24, 2.45) is 0 Å². The van der Waals surface area contributed by atoms with Gasteiger partial charge in [-0.25, -0.2) is 19.3 Å². The van der Waals surface area contributed by atoms with Crippen LogP contribution in [0.1, 0.15) is 62.3 Å². The van der Waals surface area contributed by atoms with Crippen LogP contribution in [0.15, 0.2) is 18.5 Å². The first kappa shape index (κ1) is 18.1. The molecule has 0 saturated heterocycles. The molecule has 29 heavy (non-hydrogen) atoms. The Morgan fingerprint density at radius 2 is 2.00 bits per heavy atom. The molecule has 148 valence electrons. The number of halogens is 1. The molecule has 0 aliphatic heterocycles. The molecule has 3 aromatic heterocycles. The Balaban J connectivity index is 1.64. The Hall–Kier alpha value is -2.98. The average Bonchev–Trinajstić information content (AvgIpc) is 3.48. The third-order valence-corrected chi connectivity index (χ3v) is 5.78. The largest absolute Gasteiger partial charge is 0.378 e. The first-order chi connectivity index (χ1) is 14.0. The minimum absolute atomic E-state index is 0.0201. The van der Waals surface area contributed by atoms with Crippen LogP contribution in [0.5, 0.6) is 0 Å². The fourth-order valence-corrected chi connectivity index (χ4v) is 4.07. The van der Waals surface area contributed by atoms with Crippen LogP contribution in [0.2, 0.25) is 0 Å². The smallest absolute Gasteiger partial charge is 0.220 e. The summed E-state index contributed by atoms with van der Waals surface area (Å²) in [6.07, 6.45) is 9.46. The molecule has 0 radical (unpaired) electrons. The van der Waals surface area contributed by atoms with Crippen molar-refractivity contribution in [2.75, 3.05) is 5.73 Å². The van der Waals surface area contributed by atoms with Gasteiger partial charge < -0.3 is 15.8 Å². The first-order valence-electron chi connectivity index (χ1n) is 10.1. The summed E-state index contributed by atoms with van der Waals surface area (Å²) in [5.74, 6) is 6.00. The second kappa shape index (κ2) is 6.82. The van der Waals surface area contributed by atoms with E-state index < -0.39 is 11.4 Å². The van der Waals surface area contributed by atoms with Gasteiger partial charge in [-0.05, 0) is 50.5 Å². The topological polar surface area (TPSA) is 101 Å². The molecule has 0 unspecified atom stereocenters. The summed E-state index contributed by atoms with van der Waals surface area (Å²) < 4.78 is 14.4. The van der Waals surface area contributed by atoms with Crippen molar-refractivity contribution in [3.63, 3.8) is 0 Å². The lowest BCUT2D eigenvalue weighted by molar-refractivity contribution is 0.0610. The molecule has 0 aromatic carbocycles. The van der Waals surface area contributed by atoms with Crippen LogP contribution in [0.25, 0.3) is 22.2 Å². The van der Waals surface area contributed by atoms with Gasteiger partial charge in [0, 0.05) is 23.1 Å². The van der Waals surface area contributed by atoms with Crippen LogP contribution in [-0.4, -0.2) is 30.6 Å². The van der Waals surface area contributed by atoms with E-state index >= 15 is 0 Å². The van der Waals surface area contributed by atoms with E-state index in [2.05, 4.69) is 26.8 Å². The number of aromatic nitrogens is 4. The second-order valence-electron chi connectivity index (χ2n) is 8.06. The van der Waals surface area contributed by atoms with Crippen molar-refractivity contribution in [3.8, 4) is 23.1 Å². The van der Waals surface area contributed by atoms with Crippen LogP contribution in [-0.2, 0) is 0 Å². The van der Waals surface area contributed by atoms with Gasteiger partial charge in [0.15, 0.2) is 5.82 Å². The van der Waals surface area contributed by atoms with E-state index in [0.29, 0.717) is 30.0 Å². The minimum atomic E-state index is -0.942. The molecule has 0 spiro atoms. The van der Waals surface area contributed by atoms with Gasteiger partial charge in [0.25, 0.3) is 0 Å². The van der Waals surface area contributed by atoms with Gasteiger partial charge in [0.1, 0.15) is 17.0 Å². The van der Waals surface area contributed by atoms with Crippen LogP contribution < -0.4 is 5.73 Å². The number of nitrogens with zero attached hydrogens (tertiary/aromatic N) is 3. The zero-order valence-corrected chi connectivity index (χ0v) is 16.0. The molecule has 3 aromatic rings. The van der Waals surface area contributed by atoms with Crippen LogP contribution >= 0.6 is 0 Å². The van der Waals surface area contributed by atoms with E-state index in [4.69, 9.17) is 10.7 Å². The van der Waals surface area contributed by atoms with Gasteiger partial charge in [-0.15, -0.1) is 0 Å². The summed E-state index contributed by atoms with van der Waals surface area (Å²) in [4.78, 5) is 15.8. The van der Waals surface area contributed by atoms with Gasteiger partial charge in [-0.3, -0.25) is 0 Å². The Labute approximate surface area is 167 Å². The number of hydrogen-bond acceptors (Lipinski definition) is 5. The van der Waals surface area contributed by atoms with E-state index in [-0.39, 0.29) is 11.6 Å². The van der Waals surface area contributed by atoms with Gasteiger partial charge >= 0.3 is 0 Å².